The molecule has 0 saturated carbocycles. The van der Waals surface area contributed by atoms with Gasteiger partial charge in [0, 0.05) is 18.2 Å². The van der Waals surface area contributed by atoms with E-state index in [0.29, 0.717) is 12.0 Å². The maximum absolute atomic E-state index is 4.27. The zero-order valence-corrected chi connectivity index (χ0v) is 12.8. The van der Waals surface area contributed by atoms with Gasteiger partial charge in [-0.05, 0) is 23.0 Å². The number of hydrogen-bond donors (Lipinski definition) is 1. The van der Waals surface area contributed by atoms with Crippen LogP contribution in [0.25, 0.3) is 11.3 Å². The van der Waals surface area contributed by atoms with Crippen molar-refractivity contribution in [2.45, 2.75) is 46.2 Å². The van der Waals surface area contributed by atoms with Gasteiger partial charge in [-0.2, -0.15) is 0 Å². The molecular formula is C15H21N3S. The minimum atomic E-state index is 0.471. The van der Waals surface area contributed by atoms with Crippen LogP contribution in [0.3, 0.4) is 0 Å². The molecule has 4 heteroatoms. The number of rotatable bonds is 5. The molecule has 1 aromatic carbocycles. The fourth-order valence-electron chi connectivity index (χ4n) is 1.87. The molecule has 0 aliphatic rings. The van der Waals surface area contributed by atoms with Crippen molar-refractivity contribution < 1.29 is 0 Å². The molecule has 0 radical (unpaired) electrons. The molecule has 0 atom stereocenters. The molecule has 102 valence electrons. The van der Waals surface area contributed by atoms with Gasteiger partial charge in [0.25, 0.3) is 0 Å². The Labute approximate surface area is 119 Å². The standard InChI is InChI=1S/C15H21N3S/c1-10(2)12-5-7-13(8-6-12)15-14(19-18-17-15)9-16-11(3)4/h5-8,10-11,16H,9H2,1-4H3. The molecule has 2 rings (SSSR count). The minimum Gasteiger partial charge on any atom is -0.310 e. The van der Waals surface area contributed by atoms with Crippen LogP contribution < -0.4 is 5.32 Å². The van der Waals surface area contributed by atoms with E-state index in [1.54, 1.807) is 0 Å². The summed E-state index contributed by atoms with van der Waals surface area (Å²) in [6.45, 7) is 9.53. The highest BCUT2D eigenvalue weighted by Gasteiger charge is 2.11. The quantitative estimate of drug-likeness (QED) is 0.901. The van der Waals surface area contributed by atoms with Gasteiger partial charge in [-0.3, -0.25) is 0 Å². The summed E-state index contributed by atoms with van der Waals surface area (Å²) in [5.41, 5.74) is 3.51. The van der Waals surface area contributed by atoms with Crippen LogP contribution in [0, 0.1) is 0 Å². The Kier molecular flexibility index (Phi) is 4.66. The Morgan fingerprint density at radius 3 is 2.37 bits per heavy atom. The third-order valence-corrected chi connectivity index (χ3v) is 3.80. The molecule has 0 aliphatic carbocycles. The van der Waals surface area contributed by atoms with Crippen molar-refractivity contribution in [3.05, 3.63) is 34.7 Å². The molecule has 2 aromatic rings. The van der Waals surface area contributed by atoms with Gasteiger partial charge >= 0.3 is 0 Å². The fourth-order valence-corrected chi connectivity index (χ4v) is 2.48. The SMILES string of the molecule is CC(C)NCc1snnc1-c1ccc(C(C)C)cc1. The second-order valence-electron chi connectivity index (χ2n) is 5.36. The van der Waals surface area contributed by atoms with Gasteiger partial charge in [0.2, 0.25) is 0 Å². The van der Waals surface area contributed by atoms with Crippen molar-refractivity contribution in [1.82, 2.24) is 14.9 Å². The van der Waals surface area contributed by atoms with Crippen molar-refractivity contribution in [1.29, 1.82) is 0 Å². The van der Waals surface area contributed by atoms with Crippen LogP contribution in [-0.2, 0) is 6.54 Å². The Hall–Kier alpha value is -1.26. The van der Waals surface area contributed by atoms with E-state index in [-0.39, 0.29) is 0 Å². The van der Waals surface area contributed by atoms with E-state index in [2.05, 4.69) is 66.9 Å². The van der Waals surface area contributed by atoms with Gasteiger partial charge in [0.1, 0.15) is 5.69 Å². The normalized spacial score (nSPS) is 11.5. The van der Waals surface area contributed by atoms with E-state index >= 15 is 0 Å². The van der Waals surface area contributed by atoms with Crippen LogP contribution >= 0.6 is 11.5 Å². The number of hydrogen-bond acceptors (Lipinski definition) is 4. The molecule has 0 unspecified atom stereocenters. The third-order valence-electron chi connectivity index (χ3n) is 3.08. The van der Waals surface area contributed by atoms with Crippen LogP contribution in [0.2, 0.25) is 0 Å². The van der Waals surface area contributed by atoms with Crippen molar-refractivity contribution in [3.8, 4) is 11.3 Å². The highest BCUT2D eigenvalue weighted by atomic mass is 32.1. The van der Waals surface area contributed by atoms with Crippen molar-refractivity contribution in [2.75, 3.05) is 0 Å². The summed E-state index contributed by atoms with van der Waals surface area (Å²) >= 11 is 1.47. The summed E-state index contributed by atoms with van der Waals surface area (Å²) in [5, 5.41) is 7.69. The number of aromatic nitrogens is 2. The van der Waals surface area contributed by atoms with Gasteiger partial charge in [-0.25, -0.2) is 0 Å². The summed E-state index contributed by atoms with van der Waals surface area (Å²) in [6, 6.07) is 9.12. The molecule has 3 nitrogen and oxygen atoms in total. The van der Waals surface area contributed by atoms with Crippen LogP contribution in [0.4, 0.5) is 0 Å². The summed E-state index contributed by atoms with van der Waals surface area (Å²) in [4.78, 5) is 1.20. The maximum Gasteiger partial charge on any atom is 0.110 e. The molecule has 1 heterocycles. The van der Waals surface area contributed by atoms with Crippen LogP contribution in [0.1, 0.15) is 44.1 Å². The molecule has 0 bridgehead atoms. The molecule has 0 fully saturated rings. The van der Waals surface area contributed by atoms with Gasteiger partial charge < -0.3 is 5.32 Å². The topological polar surface area (TPSA) is 37.8 Å². The van der Waals surface area contributed by atoms with E-state index in [1.165, 1.54) is 22.0 Å². The first-order chi connectivity index (χ1) is 9.08. The van der Waals surface area contributed by atoms with E-state index in [9.17, 15) is 0 Å². The monoisotopic (exact) mass is 275 g/mol. The summed E-state index contributed by atoms with van der Waals surface area (Å²) in [6.07, 6.45) is 0. The molecule has 0 amide bonds. The first kappa shape index (κ1) is 14.2. The lowest BCUT2D eigenvalue weighted by atomic mass is 10.0. The molecule has 0 spiro atoms. The van der Waals surface area contributed by atoms with E-state index < -0.39 is 0 Å². The lowest BCUT2D eigenvalue weighted by Crippen LogP contribution is -2.21. The fraction of sp³-hybridized carbons (Fsp3) is 0.467. The minimum absolute atomic E-state index is 0.471. The lowest BCUT2D eigenvalue weighted by molar-refractivity contribution is 0.593. The van der Waals surface area contributed by atoms with Crippen LogP contribution in [0.15, 0.2) is 24.3 Å². The summed E-state index contributed by atoms with van der Waals surface area (Å²) in [7, 11) is 0. The first-order valence-corrected chi connectivity index (χ1v) is 7.50. The smallest absolute Gasteiger partial charge is 0.110 e. The highest BCUT2D eigenvalue weighted by Crippen LogP contribution is 2.25. The van der Waals surface area contributed by atoms with E-state index in [4.69, 9.17) is 0 Å². The molecule has 19 heavy (non-hydrogen) atoms. The second kappa shape index (κ2) is 6.26. The average molecular weight is 275 g/mol. The first-order valence-electron chi connectivity index (χ1n) is 6.73. The second-order valence-corrected chi connectivity index (χ2v) is 6.20. The highest BCUT2D eigenvalue weighted by molar-refractivity contribution is 7.05. The predicted octanol–water partition coefficient (Wildman–Crippen LogP) is 3.83. The third kappa shape index (κ3) is 3.61. The average Bonchev–Trinajstić information content (AvgIpc) is 2.84. The van der Waals surface area contributed by atoms with Crippen molar-refractivity contribution >= 4 is 11.5 Å². The summed E-state index contributed by atoms with van der Waals surface area (Å²) < 4.78 is 4.09. The Bertz CT molecular complexity index is 514. The molecule has 1 N–H and O–H groups in total. The van der Waals surface area contributed by atoms with Crippen molar-refractivity contribution in [2.24, 2.45) is 0 Å². The van der Waals surface area contributed by atoms with Gasteiger partial charge in [-0.15, -0.1) is 5.10 Å². The molecular weight excluding hydrogens is 254 g/mol. The maximum atomic E-state index is 4.27. The van der Waals surface area contributed by atoms with Crippen molar-refractivity contribution in [3.63, 3.8) is 0 Å². The van der Waals surface area contributed by atoms with E-state index in [1.807, 2.05) is 0 Å². The Morgan fingerprint density at radius 2 is 1.79 bits per heavy atom. The van der Waals surface area contributed by atoms with Crippen LogP contribution in [0.5, 0.6) is 0 Å². The Morgan fingerprint density at radius 1 is 1.11 bits per heavy atom. The summed E-state index contributed by atoms with van der Waals surface area (Å²) in [5.74, 6) is 0.560. The van der Waals surface area contributed by atoms with E-state index in [0.717, 1.165) is 17.8 Å². The zero-order valence-electron chi connectivity index (χ0n) is 12.0. The van der Waals surface area contributed by atoms with Gasteiger partial charge in [-0.1, -0.05) is 56.4 Å². The zero-order chi connectivity index (χ0) is 13.8. The molecule has 1 aromatic heterocycles. The number of nitrogens with zero attached hydrogens (tertiary/aromatic N) is 2. The largest absolute Gasteiger partial charge is 0.310 e. The molecule has 0 saturated heterocycles. The van der Waals surface area contributed by atoms with Gasteiger partial charge in [0.05, 0.1) is 4.88 Å². The van der Waals surface area contributed by atoms with Gasteiger partial charge in [0.15, 0.2) is 0 Å². The lowest BCUT2D eigenvalue weighted by Gasteiger charge is -2.08. The van der Waals surface area contributed by atoms with Crippen LogP contribution in [-0.4, -0.2) is 15.6 Å². The predicted molar refractivity (Wildman–Crippen MR) is 81.4 cm³/mol. The molecule has 0 aliphatic heterocycles. The number of benzene rings is 1. The Balaban J connectivity index is 2.19. The number of nitrogens with one attached hydrogen (secondary N) is 1.